The van der Waals surface area contributed by atoms with E-state index in [-0.39, 0.29) is 16.4 Å². The van der Waals surface area contributed by atoms with Crippen LogP contribution in [-0.4, -0.2) is 62.8 Å². The molecular weight excluding hydrogens is 356 g/mol. The second kappa shape index (κ2) is 8.18. The van der Waals surface area contributed by atoms with Crippen molar-refractivity contribution in [2.75, 3.05) is 27.2 Å². The van der Waals surface area contributed by atoms with Crippen LogP contribution in [-0.2, 0) is 19.6 Å². The minimum atomic E-state index is -3.66. The lowest BCUT2D eigenvalue weighted by atomic mass is 10.1. The molecule has 0 spiro atoms. The van der Waals surface area contributed by atoms with Crippen molar-refractivity contribution in [2.45, 2.75) is 44.1 Å². The van der Waals surface area contributed by atoms with Crippen LogP contribution in [0.3, 0.4) is 0 Å². The highest BCUT2D eigenvalue weighted by molar-refractivity contribution is 7.89. The maximum Gasteiger partial charge on any atom is 0.338 e. The van der Waals surface area contributed by atoms with E-state index in [0.29, 0.717) is 18.7 Å². The van der Waals surface area contributed by atoms with E-state index in [4.69, 9.17) is 4.74 Å². The minimum Gasteiger partial charge on any atom is -0.449 e. The molecule has 1 atom stereocenters. The van der Waals surface area contributed by atoms with Crippen molar-refractivity contribution >= 4 is 21.9 Å². The van der Waals surface area contributed by atoms with Crippen LogP contribution in [0.25, 0.3) is 0 Å². The van der Waals surface area contributed by atoms with Gasteiger partial charge < -0.3 is 9.64 Å². The molecule has 1 heterocycles. The third kappa shape index (κ3) is 4.42. The zero-order valence-corrected chi connectivity index (χ0v) is 16.5. The molecule has 1 fully saturated rings. The Balaban J connectivity index is 2.26. The third-order valence-electron chi connectivity index (χ3n) is 4.43. The largest absolute Gasteiger partial charge is 0.449 e. The van der Waals surface area contributed by atoms with Crippen LogP contribution < -0.4 is 0 Å². The van der Waals surface area contributed by atoms with E-state index in [2.05, 4.69) is 0 Å². The highest BCUT2D eigenvalue weighted by atomic mass is 32.2. The summed E-state index contributed by atoms with van der Waals surface area (Å²) in [5, 5.41) is 0. The van der Waals surface area contributed by atoms with E-state index in [1.807, 2.05) is 0 Å². The number of nitrogens with zero attached hydrogens (tertiary/aromatic N) is 2. The molecule has 8 heteroatoms. The molecule has 1 aliphatic rings. The molecule has 0 aliphatic carbocycles. The quantitative estimate of drug-likeness (QED) is 0.725. The van der Waals surface area contributed by atoms with Crippen molar-refractivity contribution in [1.29, 1.82) is 0 Å². The summed E-state index contributed by atoms with van der Waals surface area (Å²) < 4.78 is 32.5. The number of amides is 1. The van der Waals surface area contributed by atoms with Gasteiger partial charge in [0.2, 0.25) is 10.0 Å². The third-order valence-corrected chi connectivity index (χ3v) is 6.47. The molecule has 0 bridgehead atoms. The van der Waals surface area contributed by atoms with E-state index in [1.54, 1.807) is 27.1 Å². The topological polar surface area (TPSA) is 84.0 Å². The van der Waals surface area contributed by atoms with Gasteiger partial charge in [-0.2, -0.15) is 4.31 Å². The molecular formula is C18H26N2O5S. The fourth-order valence-corrected chi connectivity index (χ4v) is 4.66. The molecule has 1 aliphatic heterocycles. The van der Waals surface area contributed by atoms with Crippen molar-refractivity contribution in [3.05, 3.63) is 29.3 Å². The number of likely N-dealkylation sites (N-methyl/N-ethyl adjacent to an activating group) is 1. The van der Waals surface area contributed by atoms with E-state index >= 15 is 0 Å². The Morgan fingerprint density at radius 2 is 1.77 bits per heavy atom. The summed E-state index contributed by atoms with van der Waals surface area (Å²) in [6.07, 6.45) is 1.75. The highest BCUT2D eigenvalue weighted by Crippen LogP contribution is 2.24. The number of aryl methyl sites for hydroxylation is 1. The maximum absolute atomic E-state index is 12.9. The second-order valence-electron chi connectivity index (χ2n) is 6.73. The predicted molar refractivity (Wildman–Crippen MR) is 97.4 cm³/mol. The zero-order valence-electron chi connectivity index (χ0n) is 15.7. The number of hydrogen-bond acceptors (Lipinski definition) is 5. The number of carbonyl (C=O) groups is 2. The van der Waals surface area contributed by atoms with Gasteiger partial charge in [-0.3, -0.25) is 4.79 Å². The van der Waals surface area contributed by atoms with Gasteiger partial charge in [-0.1, -0.05) is 12.5 Å². The lowest BCUT2D eigenvalue weighted by molar-refractivity contribution is -0.137. The average Bonchev–Trinajstić information content (AvgIpc) is 2.61. The van der Waals surface area contributed by atoms with Crippen molar-refractivity contribution in [3.63, 3.8) is 0 Å². The molecule has 7 nitrogen and oxygen atoms in total. The van der Waals surface area contributed by atoms with Gasteiger partial charge in [0, 0.05) is 27.2 Å². The Kier molecular flexibility index (Phi) is 6.41. The van der Waals surface area contributed by atoms with Crippen molar-refractivity contribution in [1.82, 2.24) is 9.21 Å². The summed E-state index contributed by atoms with van der Waals surface area (Å²) >= 11 is 0. The second-order valence-corrected chi connectivity index (χ2v) is 8.63. The number of sulfonamides is 1. The van der Waals surface area contributed by atoms with Gasteiger partial charge in [-0.05, 0) is 44.4 Å². The Morgan fingerprint density at radius 1 is 1.15 bits per heavy atom. The van der Waals surface area contributed by atoms with E-state index in [1.165, 1.54) is 28.3 Å². The highest BCUT2D eigenvalue weighted by Gasteiger charge is 2.29. The maximum atomic E-state index is 12.9. The minimum absolute atomic E-state index is 0.112. The first-order valence-electron chi connectivity index (χ1n) is 8.67. The Morgan fingerprint density at radius 3 is 2.35 bits per heavy atom. The van der Waals surface area contributed by atoms with Gasteiger partial charge in [0.15, 0.2) is 6.10 Å². The number of ether oxygens (including phenoxy) is 1. The summed E-state index contributed by atoms with van der Waals surface area (Å²) in [6, 6.07) is 4.44. The smallest absolute Gasteiger partial charge is 0.338 e. The number of piperidine rings is 1. The number of esters is 1. The van der Waals surface area contributed by atoms with Gasteiger partial charge in [-0.15, -0.1) is 0 Å². The molecule has 144 valence electrons. The fraction of sp³-hybridized carbons (Fsp3) is 0.556. The SMILES string of the molecule is Cc1ccc(C(=O)O[C@@H](C)C(=O)N(C)C)cc1S(=O)(=O)N1CCCCC1. The number of hydrogen-bond donors (Lipinski definition) is 0. The molecule has 2 rings (SSSR count). The van der Waals surface area contributed by atoms with Crippen LogP contribution in [0.15, 0.2) is 23.1 Å². The number of rotatable bonds is 5. The Hall–Kier alpha value is -1.93. The number of benzene rings is 1. The number of carbonyl (C=O) groups excluding carboxylic acids is 2. The van der Waals surface area contributed by atoms with Crippen LogP contribution in [0.2, 0.25) is 0 Å². The van der Waals surface area contributed by atoms with Gasteiger partial charge in [-0.25, -0.2) is 13.2 Å². The van der Waals surface area contributed by atoms with Crippen molar-refractivity contribution < 1.29 is 22.7 Å². The molecule has 1 aromatic rings. The van der Waals surface area contributed by atoms with Crippen LogP contribution in [0.1, 0.15) is 42.1 Å². The average molecular weight is 382 g/mol. The van der Waals surface area contributed by atoms with E-state index in [9.17, 15) is 18.0 Å². The first-order valence-corrected chi connectivity index (χ1v) is 10.1. The zero-order chi connectivity index (χ0) is 19.5. The Bertz CT molecular complexity index is 783. The molecule has 1 aromatic carbocycles. The predicted octanol–water partition coefficient (Wildman–Crippen LogP) is 1.80. The van der Waals surface area contributed by atoms with Crippen LogP contribution in [0.5, 0.6) is 0 Å². The van der Waals surface area contributed by atoms with E-state index < -0.39 is 22.1 Å². The van der Waals surface area contributed by atoms with Gasteiger partial charge in [0.1, 0.15) is 0 Å². The first kappa shape index (κ1) is 20.4. The Labute approximate surface area is 155 Å². The summed E-state index contributed by atoms with van der Waals surface area (Å²) in [7, 11) is -0.514. The van der Waals surface area contributed by atoms with Crippen LogP contribution in [0, 0.1) is 6.92 Å². The first-order chi connectivity index (χ1) is 12.1. The van der Waals surface area contributed by atoms with Crippen molar-refractivity contribution in [2.24, 2.45) is 0 Å². The lowest BCUT2D eigenvalue weighted by Gasteiger charge is -2.26. The molecule has 1 amide bonds. The summed E-state index contributed by atoms with van der Waals surface area (Å²) in [5.74, 6) is -1.06. The van der Waals surface area contributed by atoms with Gasteiger partial charge in [0.25, 0.3) is 5.91 Å². The van der Waals surface area contributed by atoms with E-state index in [0.717, 1.165) is 19.3 Å². The molecule has 0 saturated carbocycles. The summed E-state index contributed by atoms with van der Waals surface area (Å²) in [6.45, 7) is 4.17. The van der Waals surface area contributed by atoms with Crippen LogP contribution >= 0.6 is 0 Å². The van der Waals surface area contributed by atoms with Gasteiger partial charge >= 0.3 is 5.97 Å². The molecule has 0 radical (unpaired) electrons. The monoisotopic (exact) mass is 382 g/mol. The van der Waals surface area contributed by atoms with Crippen LogP contribution in [0.4, 0.5) is 0 Å². The summed E-state index contributed by atoms with van der Waals surface area (Å²) in [5.41, 5.74) is 0.689. The fourth-order valence-electron chi connectivity index (χ4n) is 2.89. The normalized spacial score (nSPS) is 16.8. The standard InChI is InChI=1S/C18H26N2O5S/c1-13-8-9-15(18(22)25-14(2)17(21)19(3)4)12-16(13)26(23,24)20-10-6-5-7-11-20/h8-9,12,14H,5-7,10-11H2,1-4H3/t14-/m0/s1. The molecule has 0 unspecified atom stereocenters. The lowest BCUT2D eigenvalue weighted by Crippen LogP contribution is -2.36. The molecule has 1 saturated heterocycles. The summed E-state index contributed by atoms with van der Waals surface area (Å²) in [4.78, 5) is 25.6. The molecule has 0 aromatic heterocycles. The molecule has 0 N–H and O–H groups in total. The van der Waals surface area contributed by atoms with Crippen molar-refractivity contribution in [3.8, 4) is 0 Å². The van der Waals surface area contributed by atoms with Gasteiger partial charge in [0.05, 0.1) is 10.5 Å². The molecule has 26 heavy (non-hydrogen) atoms.